The number of hydrogen-bond donors (Lipinski definition) is 2. The summed E-state index contributed by atoms with van der Waals surface area (Å²) >= 11 is 1.77. The van der Waals surface area contributed by atoms with Crippen molar-refractivity contribution in [3.63, 3.8) is 0 Å². The third-order valence-electron chi connectivity index (χ3n) is 7.37. The quantitative estimate of drug-likeness (QED) is 0.616. The number of ether oxygens (including phenoxy) is 2. The predicted octanol–water partition coefficient (Wildman–Crippen LogP) is 3.32. The molecule has 186 valence electrons. The zero-order valence-electron chi connectivity index (χ0n) is 19.7. The molecule has 3 aliphatic rings. The molecular formula is C25H35FN4O3S. The largest absolute Gasteiger partial charge is 0.493 e. The smallest absolute Gasteiger partial charge is 0.261 e. The number of halogens is 1. The van der Waals surface area contributed by atoms with Crippen LogP contribution in [0.3, 0.4) is 0 Å². The molecule has 3 saturated heterocycles. The third-order valence-corrected chi connectivity index (χ3v) is 8.75. The van der Waals surface area contributed by atoms with Gasteiger partial charge < -0.3 is 24.7 Å². The lowest BCUT2D eigenvalue weighted by Gasteiger charge is -2.39. The topological polar surface area (TPSA) is 79.5 Å². The highest BCUT2D eigenvalue weighted by atomic mass is 32.2. The summed E-state index contributed by atoms with van der Waals surface area (Å²) in [4.78, 5) is 22.5. The molecule has 0 spiro atoms. The molecule has 0 amide bonds. The lowest BCUT2D eigenvalue weighted by molar-refractivity contribution is 0.0918. The van der Waals surface area contributed by atoms with Crippen LogP contribution in [0.1, 0.15) is 44.3 Å². The first-order chi connectivity index (χ1) is 16.7. The van der Waals surface area contributed by atoms with Crippen molar-refractivity contribution in [2.24, 2.45) is 5.92 Å². The second kappa shape index (κ2) is 11.4. The molecule has 5 rings (SSSR count). The summed E-state index contributed by atoms with van der Waals surface area (Å²) in [5.74, 6) is 1.52. The standard InChI is InChI=1S/C25H35FN4O3S/c26-21-13-19(33-15-17-3-9-30(10-4-17)18-1-7-27-8-2-18)14-22-24(21)25(31)29-23(28-22)16-34-20-5-11-32-12-6-20/h13-14,17-18,20,27H,1-12,15-16H2,(H,28,29,31). The lowest BCUT2D eigenvalue weighted by atomic mass is 9.94. The molecule has 4 heterocycles. The number of piperidine rings is 2. The van der Waals surface area contributed by atoms with Gasteiger partial charge in [0, 0.05) is 36.6 Å². The van der Waals surface area contributed by atoms with Gasteiger partial charge in [-0.2, -0.15) is 11.8 Å². The number of hydrogen-bond acceptors (Lipinski definition) is 7. The Balaban J connectivity index is 1.19. The van der Waals surface area contributed by atoms with Crippen molar-refractivity contribution in [1.82, 2.24) is 20.2 Å². The van der Waals surface area contributed by atoms with Crippen molar-refractivity contribution < 1.29 is 13.9 Å². The van der Waals surface area contributed by atoms with Crippen molar-refractivity contribution in [2.75, 3.05) is 46.0 Å². The van der Waals surface area contributed by atoms with Gasteiger partial charge in [0.05, 0.1) is 17.9 Å². The zero-order valence-corrected chi connectivity index (χ0v) is 20.5. The summed E-state index contributed by atoms with van der Waals surface area (Å²) in [6.07, 6.45) is 6.69. The predicted molar refractivity (Wildman–Crippen MR) is 133 cm³/mol. The van der Waals surface area contributed by atoms with Gasteiger partial charge in [-0.15, -0.1) is 0 Å². The number of H-pyrrole nitrogens is 1. The maximum absolute atomic E-state index is 14.8. The molecular weight excluding hydrogens is 455 g/mol. The van der Waals surface area contributed by atoms with Crippen LogP contribution >= 0.6 is 11.8 Å². The van der Waals surface area contributed by atoms with E-state index in [2.05, 4.69) is 20.2 Å². The molecule has 9 heteroatoms. The molecule has 2 aromatic rings. The number of rotatable bonds is 7. The molecule has 0 saturated carbocycles. The van der Waals surface area contributed by atoms with E-state index in [1.54, 1.807) is 17.8 Å². The summed E-state index contributed by atoms with van der Waals surface area (Å²) in [7, 11) is 0. The van der Waals surface area contributed by atoms with Gasteiger partial charge >= 0.3 is 0 Å². The summed E-state index contributed by atoms with van der Waals surface area (Å²) < 4.78 is 26.2. The Hall–Kier alpha value is -1.68. The molecule has 0 aliphatic carbocycles. The van der Waals surface area contributed by atoms with Gasteiger partial charge in [0.1, 0.15) is 22.8 Å². The van der Waals surface area contributed by atoms with Crippen molar-refractivity contribution in [1.29, 1.82) is 0 Å². The third kappa shape index (κ3) is 5.93. The van der Waals surface area contributed by atoms with E-state index in [9.17, 15) is 9.18 Å². The van der Waals surface area contributed by atoms with Gasteiger partial charge in [-0.25, -0.2) is 9.37 Å². The van der Waals surface area contributed by atoms with Crippen LogP contribution < -0.4 is 15.6 Å². The average molecular weight is 491 g/mol. The average Bonchev–Trinajstić information content (AvgIpc) is 2.87. The number of thioether (sulfide) groups is 1. The Morgan fingerprint density at radius 2 is 1.88 bits per heavy atom. The number of fused-ring (bicyclic) bond motifs is 1. The molecule has 3 aliphatic heterocycles. The summed E-state index contributed by atoms with van der Waals surface area (Å²) in [5.41, 5.74) is -0.0658. The number of aromatic nitrogens is 2. The minimum atomic E-state index is -0.578. The molecule has 3 fully saturated rings. The minimum absolute atomic E-state index is 0.00227. The van der Waals surface area contributed by atoms with Crippen LogP contribution in [0.4, 0.5) is 4.39 Å². The van der Waals surface area contributed by atoms with Crippen molar-refractivity contribution in [3.8, 4) is 5.75 Å². The van der Waals surface area contributed by atoms with Crippen LogP contribution in [0.25, 0.3) is 10.9 Å². The summed E-state index contributed by atoms with van der Waals surface area (Å²) in [6.45, 7) is 6.58. The van der Waals surface area contributed by atoms with E-state index in [1.807, 2.05) is 0 Å². The Kier molecular flexibility index (Phi) is 8.04. The van der Waals surface area contributed by atoms with Gasteiger partial charge in [-0.3, -0.25) is 4.79 Å². The first-order valence-corrected chi connectivity index (χ1v) is 13.7. The number of aromatic amines is 1. The number of likely N-dealkylation sites (tertiary alicyclic amines) is 1. The fourth-order valence-electron chi connectivity index (χ4n) is 5.31. The van der Waals surface area contributed by atoms with Gasteiger partial charge in [0.15, 0.2) is 0 Å². The van der Waals surface area contributed by atoms with E-state index in [-0.39, 0.29) is 5.39 Å². The maximum atomic E-state index is 14.8. The van der Waals surface area contributed by atoms with Gasteiger partial charge in [0.2, 0.25) is 0 Å². The number of nitrogens with zero attached hydrogens (tertiary/aromatic N) is 2. The van der Waals surface area contributed by atoms with E-state index in [0.29, 0.717) is 46.7 Å². The van der Waals surface area contributed by atoms with Crippen LogP contribution in [0.5, 0.6) is 5.75 Å². The van der Waals surface area contributed by atoms with E-state index in [0.717, 1.165) is 65.1 Å². The van der Waals surface area contributed by atoms with Crippen LogP contribution in [0, 0.1) is 11.7 Å². The number of benzene rings is 1. The number of nitrogens with one attached hydrogen (secondary N) is 2. The Labute approximate surface area is 204 Å². The molecule has 0 atom stereocenters. The highest BCUT2D eigenvalue weighted by molar-refractivity contribution is 7.99. The highest BCUT2D eigenvalue weighted by Crippen LogP contribution is 2.27. The Morgan fingerprint density at radius 1 is 1.12 bits per heavy atom. The first-order valence-electron chi connectivity index (χ1n) is 12.6. The van der Waals surface area contributed by atoms with Crippen molar-refractivity contribution in [2.45, 2.75) is 55.6 Å². The van der Waals surface area contributed by atoms with E-state index < -0.39 is 11.4 Å². The second-order valence-corrected chi connectivity index (χ2v) is 11.0. The maximum Gasteiger partial charge on any atom is 0.261 e. The molecule has 7 nitrogen and oxygen atoms in total. The molecule has 0 radical (unpaired) electrons. The molecule has 2 N–H and O–H groups in total. The van der Waals surface area contributed by atoms with Crippen molar-refractivity contribution >= 4 is 22.7 Å². The first kappa shape index (κ1) is 24.0. The monoisotopic (exact) mass is 490 g/mol. The summed E-state index contributed by atoms with van der Waals surface area (Å²) in [5, 5.41) is 3.94. The molecule has 1 aromatic heterocycles. The van der Waals surface area contributed by atoms with Crippen LogP contribution in [-0.2, 0) is 10.5 Å². The van der Waals surface area contributed by atoms with Crippen molar-refractivity contribution in [3.05, 3.63) is 34.1 Å². The lowest BCUT2D eigenvalue weighted by Crippen LogP contribution is -2.47. The van der Waals surface area contributed by atoms with Gasteiger partial charge in [-0.1, -0.05) is 0 Å². The Bertz CT molecular complexity index is 1020. The van der Waals surface area contributed by atoms with E-state index in [1.165, 1.54) is 18.9 Å². The van der Waals surface area contributed by atoms with Crippen LogP contribution in [0.15, 0.2) is 16.9 Å². The van der Waals surface area contributed by atoms with E-state index in [4.69, 9.17) is 9.47 Å². The van der Waals surface area contributed by atoms with Gasteiger partial charge in [0.25, 0.3) is 5.56 Å². The van der Waals surface area contributed by atoms with Gasteiger partial charge in [-0.05, 0) is 70.6 Å². The SMILES string of the molecule is O=c1[nH]c(CSC2CCOCC2)nc2cc(OCC3CCN(C4CCNCC4)CC3)cc(F)c12. The molecule has 1 aromatic carbocycles. The van der Waals surface area contributed by atoms with E-state index >= 15 is 0 Å². The summed E-state index contributed by atoms with van der Waals surface area (Å²) in [6, 6.07) is 3.74. The minimum Gasteiger partial charge on any atom is -0.493 e. The fourth-order valence-corrected chi connectivity index (χ4v) is 6.37. The molecule has 0 bridgehead atoms. The normalized spacial score (nSPS) is 21.8. The Morgan fingerprint density at radius 3 is 2.65 bits per heavy atom. The molecule has 0 unspecified atom stereocenters. The highest BCUT2D eigenvalue weighted by Gasteiger charge is 2.26. The van der Waals surface area contributed by atoms with Crippen LogP contribution in [0.2, 0.25) is 0 Å². The second-order valence-electron chi connectivity index (χ2n) is 9.71. The molecule has 34 heavy (non-hydrogen) atoms. The van der Waals surface area contributed by atoms with Crippen LogP contribution in [-0.4, -0.2) is 72.2 Å². The fraction of sp³-hybridized carbons (Fsp3) is 0.680. The zero-order chi connectivity index (χ0) is 23.3.